The summed E-state index contributed by atoms with van der Waals surface area (Å²) < 4.78 is 0. The number of aromatic amines is 1. The van der Waals surface area contributed by atoms with Crippen molar-refractivity contribution in [2.24, 2.45) is 0 Å². The van der Waals surface area contributed by atoms with Gasteiger partial charge in [-0.3, -0.25) is 9.89 Å². The van der Waals surface area contributed by atoms with Crippen LogP contribution in [0.15, 0.2) is 29.4 Å². The maximum atomic E-state index is 12.1. The van der Waals surface area contributed by atoms with Crippen molar-refractivity contribution in [2.75, 3.05) is 29.1 Å². The summed E-state index contributed by atoms with van der Waals surface area (Å²) in [6, 6.07) is 8.11. The molecule has 1 aliphatic rings. The Hall–Kier alpha value is -2.02. The maximum absolute atomic E-state index is 12.1. The average Bonchev–Trinajstić information content (AvgIpc) is 2.83. The van der Waals surface area contributed by atoms with E-state index in [1.165, 1.54) is 43.1 Å². The van der Waals surface area contributed by atoms with Crippen LogP contribution < -0.4 is 10.2 Å². The summed E-state index contributed by atoms with van der Waals surface area (Å²) in [4.78, 5) is 18.7. The third kappa shape index (κ3) is 4.74. The van der Waals surface area contributed by atoms with Crippen LogP contribution in [0.1, 0.15) is 31.5 Å². The predicted molar refractivity (Wildman–Crippen MR) is 97.6 cm³/mol. The summed E-state index contributed by atoms with van der Waals surface area (Å²) >= 11 is 1.33. The van der Waals surface area contributed by atoms with Gasteiger partial charge < -0.3 is 10.2 Å². The molecule has 1 saturated heterocycles. The molecule has 0 bridgehead atoms. The molecular weight excluding hydrogens is 322 g/mol. The third-order valence-electron chi connectivity index (χ3n) is 4.01. The highest BCUT2D eigenvalue weighted by Gasteiger charge is 2.11. The van der Waals surface area contributed by atoms with Crippen molar-refractivity contribution in [2.45, 2.75) is 37.8 Å². The second-order valence-electron chi connectivity index (χ2n) is 5.99. The summed E-state index contributed by atoms with van der Waals surface area (Å²) in [6.45, 7) is 4.03. The van der Waals surface area contributed by atoms with Crippen molar-refractivity contribution in [3.8, 4) is 0 Å². The first-order chi connectivity index (χ1) is 11.7. The molecule has 0 atom stereocenters. The van der Waals surface area contributed by atoms with Gasteiger partial charge in [-0.1, -0.05) is 30.7 Å². The summed E-state index contributed by atoms with van der Waals surface area (Å²) in [7, 11) is 0. The molecule has 0 saturated carbocycles. The fraction of sp³-hybridized carbons (Fsp3) is 0.471. The first-order valence-electron chi connectivity index (χ1n) is 8.37. The van der Waals surface area contributed by atoms with Gasteiger partial charge in [-0.25, -0.2) is 4.98 Å². The van der Waals surface area contributed by atoms with Gasteiger partial charge in [0.15, 0.2) is 0 Å². The normalized spacial score (nSPS) is 15.1. The van der Waals surface area contributed by atoms with Gasteiger partial charge in [-0.05, 0) is 38.0 Å². The predicted octanol–water partition coefficient (Wildman–Crippen LogP) is 3.22. The van der Waals surface area contributed by atoms with E-state index in [1.807, 2.05) is 19.1 Å². The van der Waals surface area contributed by atoms with E-state index in [2.05, 4.69) is 37.5 Å². The highest BCUT2D eigenvalue weighted by atomic mass is 32.2. The molecule has 2 N–H and O–H groups in total. The number of hydrogen-bond donors (Lipinski definition) is 2. The minimum absolute atomic E-state index is 0.0459. The van der Waals surface area contributed by atoms with Gasteiger partial charge in [0.05, 0.1) is 5.75 Å². The Morgan fingerprint density at radius 2 is 2.08 bits per heavy atom. The summed E-state index contributed by atoms with van der Waals surface area (Å²) in [5.41, 5.74) is 2.03. The van der Waals surface area contributed by atoms with E-state index in [9.17, 15) is 4.79 Å². The number of amides is 1. The fourth-order valence-corrected chi connectivity index (χ4v) is 3.47. The smallest absolute Gasteiger partial charge is 0.234 e. The number of rotatable bonds is 5. The lowest BCUT2D eigenvalue weighted by Crippen LogP contribution is -2.24. The van der Waals surface area contributed by atoms with Crippen LogP contribution in [0.2, 0.25) is 0 Å². The molecule has 1 aromatic heterocycles. The number of thioether (sulfide) groups is 1. The van der Waals surface area contributed by atoms with Crippen molar-refractivity contribution < 1.29 is 4.79 Å². The molecule has 1 amide bonds. The molecule has 0 radical (unpaired) electrons. The van der Waals surface area contributed by atoms with Gasteiger partial charge in [0, 0.05) is 24.5 Å². The van der Waals surface area contributed by atoms with Crippen LogP contribution in [0.5, 0.6) is 0 Å². The Morgan fingerprint density at radius 3 is 2.79 bits per heavy atom. The zero-order chi connectivity index (χ0) is 16.8. The Bertz CT molecular complexity index is 679. The number of anilines is 2. The Balaban J connectivity index is 1.56. The second kappa shape index (κ2) is 8.19. The van der Waals surface area contributed by atoms with E-state index < -0.39 is 0 Å². The average molecular weight is 345 g/mol. The van der Waals surface area contributed by atoms with Gasteiger partial charge in [0.25, 0.3) is 0 Å². The number of hydrogen-bond acceptors (Lipinski definition) is 5. The van der Waals surface area contributed by atoms with E-state index in [1.54, 1.807) is 0 Å². The van der Waals surface area contributed by atoms with Crippen molar-refractivity contribution in [1.82, 2.24) is 15.2 Å². The zero-order valence-electron chi connectivity index (χ0n) is 13.9. The molecule has 2 aromatic rings. The van der Waals surface area contributed by atoms with Crippen LogP contribution in [0.25, 0.3) is 0 Å². The van der Waals surface area contributed by atoms with E-state index in [0.717, 1.165) is 24.6 Å². The number of aromatic nitrogens is 3. The van der Waals surface area contributed by atoms with Crippen LogP contribution in [-0.4, -0.2) is 39.9 Å². The molecule has 6 nitrogen and oxygen atoms in total. The van der Waals surface area contributed by atoms with Gasteiger partial charge in [-0.2, -0.15) is 0 Å². The number of carbonyl (C=O) groups is 1. The quantitative estimate of drug-likeness (QED) is 0.814. The summed E-state index contributed by atoms with van der Waals surface area (Å²) in [6.07, 6.45) is 5.10. The Labute approximate surface area is 146 Å². The summed E-state index contributed by atoms with van der Waals surface area (Å²) in [5, 5.41) is 10.4. The molecule has 0 spiro atoms. The molecule has 1 fully saturated rings. The molecule has 0 aliphatic carbocycles. The van der Waals surface area contributed by atoms with Gasteiger partial charge in [0.1, 0.15) is 5.82 Å². The van der Waals surface area contributed by atoms with Crippen LogP contribution >= 0.6 is 11.8 Å². The molecular formula is C17H23N5OS. The number of H-pyrrole nitrogens is 1. The lowest BCUT2D eigenvalue weighted by Gasteiger charge is -2.23. The maximum Gasteiger partial charge on any atom is 0.234 e. The number of carbonyl (C=O) groups excluding carboxylic acids is 1. The van der Waals surface area contributed by atoms with Crippen LogP contribution in [-0.2, 0) is 4.79 Å². The van der Waals surface area contributed by atoms with Gasteiger partial charge >= 0.3 is 0 Å². The van der Waals surface area contributed by atoms with E-state index in [0.29, 0.717) is 10.9 Å². The van der Waals surface area contributed by atoms with Gasteiger partial charge in [-0.15, -0.1) is 5.10 Å². The Morgan fingerprint density at radius 1 is 1.29 bits per heavy atom. The zero-order valence-corrected chi connectivity index (χ0v) is 14.7. The van der Waals surface area contributed by atoms with E-state index >= 15 is 0 Å². The van der Waals surface area contributed by atoms with Crippen molar-refractivity contribution in [3.05, 3.63) is 30.1 Å². The minimum Gasteiger partial charge on any atom is -0.371 e. The summed E-state index contributed by atoms with van der Waals surface area (Å²) in [5.74, 6) is 1.00. The van der Waals surface area contributed by atoms with E-state index in [-0.39, 0.29) is 5.91 Å². The first-order valence-corrected chi connectivity index (χ1v) is 9.36. The minimum atomic E-state index is -0.0459. The molecule has 7 heteroatoms. The molecule has 2 heterocycles. The standard InChI is InChI=1S/C17H23N5OS/c1-13-18-17(21-20-13)24-12-16(23)19-14-7-6-8-15(11-14)22-9-4-2-3-5-10-22/h6-8,11H,2-5,9-10,12H2,1H3,(H,19,23)(H,18,20,21). The SMILES string of the molecule is Cc1nc(SCC(=O)Nc2cccc(N3CCCCCC3)c2)n[nH]1. The molecule has 24 heavy (non-hydrogen) atoms. The third-order valence-corrected chi connectivity index (χ3v) is 4.86. The van der Waals surface area contributed by atoms with Crippen molar-refractivity contribution in [1.29, 1.82) is 0 Å². The number of benzene rings is 1. The molecule has 0 unspecified atom stereocenters. The van der Waals surface area contributed by atoms with Crippen LogP contribution in [0.4, 0.5) is 11.4 Å². The van der Waals surface area contributed by atoms with Gasteiger partial charge in [0.2, 0.25) is 11.1 Å². The van der Waals surface area contributed by atoms with E-state index in [4.69, 9.17) is 0 Å². The lowest BCUT2D eigenvalue weighted by molar-refractivity contribution is -0.113. The fourth-order valence-electron chi connectivity index (χ4n) is 2.82. The largest absolute Gasteiger partial charge is 0.371 e. The number of aryl methyl sites for hydroxylation is 1. The van der Waals surface area contributed by atoms with Crippen LogP contribution in [0.3, 0.4) is 0 Å². The second-order valence-corrected chi connectivity index (χ2v) is 6.93. The topological polar surface area (TPSA) is 73.9 Å². The molecule has 1 aromatic carbocycles. The number of nitrogens with zero attached hydrogens (tertiary/aromatic N) is 3. The first kappa shape index (κ1) is 16.8. The molecule has 3 rings (SSSR count). The molecule has 1 aliphatic heterocycles. The van der Waals surface area contributed by atoms with Crippen molar-refractivity contribution in [3.63, 3.8) is 0 Å². The highest BCUT2D eigenvalue weighted by Crippen LogP contribution is 2.23. The lowest BCUT2D eigenvalue weighted by atomic mass is 10.2. The monoisotopic (exact) mass is 345 g/mol. The van der Waals surface area contributed by atoms with Crippen LogP contribution in [0, 0.1) is 6.92 Å². The van der Waals surface area contributed by atoms with Crippen molar-refractivity contribution >= 4 is 29.0 Å². The number of nitrogens with one attached hydrogen (secondary N) is 2. The molecule has 128 valence electrons. The highest BCUT2D eigenvalue weighted by molar-refractivity contribution is 7.99. The Kier molecular flexibility index (Phi) is 5.74.